The van der Waals surface area contributed by atoms with Crippen LogP contribution in [0.3, 0.4) is 0 Å². The average Bonchev–Trinajstić information content (AvgIpc) is 3.25. The third-order valence-electron chi connectivity index (χ3n) is 5.90. The number of thiophene rings is 1. The number of hydrogen-bond donors (Lipinski definition) is 1. The molecule has 1 saturated heterocycles. The maximum Gasteiger partial charge on any atom is 0.226 e. The van der Waals surface area contributed by atoms with E-state index < -0.39 is 9.84 Å². The quantitative estimate of drug-likeness (QED) is 0.591. The van der Waals surface area contributed by atoms with E-state index in [0.717, 1.165) is 30.3 Å². The number of nitrogens with zero attached hydrogens (tertiary/aromatic N) is 3. The van der Waals surface area contributed by atoms with Crippen LogP contribution < -0.4 is 10.2 Å². The van der Waals surface area contributed by atoms with Crippen molar-refractivity contribution in [3.8, 4) is 0 Å². The molecule has 1 aromatic carbocycles. The topological polar surface area (TPSA) is 92.3 Å². The smallest absolute Gasteiger partial charge is 0.226 e. The van der Waals surface area contributed by atoms with Crippen LogP contribution in [0, 0.1) is 12.8 Å². The van der Waals surface area contributed by atoms with E-state index in [-0.39, 0.29) is 22.8 Å². The highest BCUT2D eigenvalue weighted by molar-refractivity contribution is 7.90. The first-order valence-corrected chi connectivity index (χ1v) is 13.5. The molecule has 170 valence electrons. The second-order valence-electron chi connectivity index (χ2n) is 8.51. The van der Waals surface area contributed by atoms with E-state index in [0.29, 0.717) is 24.6 Å². The lowest BCUT2D eigenvalue weighted by molar-refractivity contribution is -0.126. The summed E-state index contributed by atoms with van der Waals surface area (Å²) >= 11 is 1.71. The third-order valence-corrected chi connectivity index (χ3v) is 7.91. The van der Waals surface area contributed by atoms with Crippen molar-refractivity contribution in [2.24, 2.45) is 5.92 Å². The molecule has 1 aliphatic rings. The van der Waals surface area contributed by atoms with Gasteiger partial charge in [-0.2, -0.15) is 0 Å². The van der Waals surface area contributed by atoms with Gasteiger partial charge in [0.25, 0.3) is 0 Å². The molecule has 2 aromatic heterocycles. The van der Waals surface area contributed by atoms with Crippen LogP contribution in [0.4, 0.5) is 5.95 Å². The highest BCUT2D eigenvalue weighted by Crippen LogP contribution is 2.26. The molecule has 0 radical (unpaired) electrons. The van der Waals surface area contributed by atoms with Crippen molar-refractivity contribution in [2.45, 2.75) is 44.0 Å². The molecule has 1 fully saturated rings. The van der Waals surface area contributed by atoms with Gasteiger partial charge in [0.2, 0.25) is 11.9 Å². The zero-order valence-corrected chi connectivity index (χ0v) is 20.2. The van der Waals surface area contributed by atoms with E-state index in [9.17, 15) is 13.2 Å². The zero-order chi connectivity index (χ0) is 22.9. The fourth-order valence-electron chi connectivity index (χ4n) is 4.11. The fraction of sp³-hybridized carbons (Fsp3) is 0.435. The van der Waals surface area contributed by atoms with Gasteiger partial charge in [0.1, 0.15) is 0 Å². The molecular formula is C23H28N4O3S2. The first-order chi connectivity index (χ1) is 15.2. The molecule has 9 heteroatoms. The standard InChI is InChI=1S/C23H28N4O3S2/c1-15(13-18-5-4-12-31-18)24-22(28)17-8-10-27(11-9-17)23-25-16(2)20-7-6-19(32(3,29)30)14-21(20)26-23/h4-7,12,14-15,17H,8-11,13H2,1-3H3,(H,24,28). The highest BCUT2D eigenvalue weighted by Gasteiger charge is 2.27. The summed E-state index contributed by atoms with van der Waals surface area (Å²) in [5.41, 5.74) is 1.44. The SMILES string of the molecule is Cc1nc(N2CCC(C(=O)NC(C)Cc3cccs3)CC2)nc2cc(S(C)(=O)=O)ccc12. The maximum absolute atomic E-state index is 12.7. The Kier molecular flexibility index (Phi) is 6.48. The second-order valence-corrected chi connectivity index (χ2v) is 11.6. The van der Waals surface area contributed by atoms with Crippen LogP contribution in [0.2, 0.25) is 0 Å². The van der Waals surface area contributed by atoms with Gasteiger partial charge in [0.05, 0.1) is 16.1 Å². The van der Waals surface area contributed by atoms with E-state index in [1.807, 2.05) is 19.9 Å². The van der Waals surface area contributed by atoms with Crippen molar-refractivity contribution < 1.29 is 13.2 Å². The van der Waals surface area contributed by atoms with Crippen molar-refractivity contribution in [3.05, 3.63) is 46.3 Å². The van der Waals surface area contributed by atoms with Crippen molar-refractivity contribution in [1.29, 1.82) is 0 Å². The zero-order valence-electron chi connectivity index (χ0n) is 18.5. The van der Waals surface area contributed by atoms with Crippen LogP contribution in [0.1, 0.15) is 30.3 Å². The van der Waals surface area contributed by atoms with Gasteiger partial charge in [-0.3, -0.25) is 4.79 Å². The molecule has 32 heavy (non-hydrogen) atoms. The first kappa shape index (κ1) is 22.7. The number of benzene rings is 1. The van der Waals surface area contributed by atoms with Crippen molar-refractivity contribution in [1.82, 2.24) is 15.3 Å². The van der Waals surface area contributed by atoms with Gasteiger partial charge < -0.3 is 10.2 Å². The number of carbonyl (C=O) groups is 1. The van der Waals surface area contributed by atoms with E-state index in [1.165, 1.54) is 11.1 Å². The summed E-state index contributed by atoms with van der Waals surface area (Å²) in [6.45, 7) is 5.33. The number of rotatable bonds is 6. The molecule has 1 N–H and O–H groups in total. The lowest BCUT2D eigenvalue weighted by Gasteiger charge is -2.32. The number of aromatic nitrogens is 2. The number of aryl methyl sites for hydroxylation is 1. The molecule has 0 saturated carbocycles. The van der Waals surface area contributed by atoms with Crippen LogP contribution in [0.25, 0.3) is 10.9 Å². The maximum atomic E-state index is 12.7. The number of fused-ring (bicyclic) bond motifs is 1. The molecule has 1 atom stereocenters. The molecule has 0 bridgehead atoms. The molecule has 1 unspecified atom stereocenters. The Morgan fingerprint density at radius 1 is 1.25 bits per heavy atom. The summed E-state index contributed by atoms with van der Waals surface area (Å²) in [5, 5.41) is 6.05. The largest absolute Gasteiger partial charge is 0.353 e. The summed E-state index contributed by atoms with van der Waals surface area (Å²) in [7, 11) is -3.31. The number of amides is 1. The third kappa shape index (κ3) is 5.10. The predicted octanol–water partition coefficient (Wildman–Crippen LogP) is 3.37. The van der Waals surface area contributed by atoms with E-state index in [2.05, 4.69) is 31.6 Å². The predicted molar refractivity (Wildman–Crippen MR) is 128 cm³/mol. The number of anilines is 1. The normalized spacial score (nSPS) is 16.3. The van der Waals surface area contributed by atoms with Crippen molar-refractivity contribution in [3.63, 3.8) is 0 Å². The second kappa shape index (κ2) is 9.15. The Balaban J connectivity index is 1.41. The van der Waals surface area contributed by atoms with Gasteiger partial charge in [0, 0.05) is 48.0 Å². The minimum Gasteiger partial charge on any atom is -0.353 e. The molecule has 3 heterocycles. The van der Waals surface area contributed by atoms with Crippen LogP contribution in [0.15, 0.2) is 40.6 Å². The van der Waals surface area contributed by atoms with Gasteiger partial charge in [0.15, 0.2) is 9.84 Å². The average molecular weight is 473 g/mol. The van der Waals surface area contributed by atoms with Crippen LogP contribution in [0.5, 0.6) is 0 Å². The number of piperidine rings is 1. The van der Waals surface area contributed by atoms with Crippen molar-refractivity contribution in [2.75, 3.05) is 24.2 Å². The number of nitrogens with one attached hydrogen (secondary N) is 1. The number of sulfone groups is 1. The number of hydrogen-bond acceptors (Lipinski definition) is 7. The highest BCUT2D eigenvalue weighted by atomic mass is 32.2. The molecule has 0 aliphatic carbocycles. The Labute approximate surface area is 192 Å². The Morgan fingerprint density at radius 2 is 2.00 bits per heavy atom. The molecule has 0 spiro atoms. The van der Waals surface area contributed by atoms with E-state index >= 15 is 0 Å². The van der Waals surface area contributed by atoms with E-state index in [1.54, 1.807) is 29.5 Å². The molecule has 7 nitrogen and oxygen atoms in total. The minimum absolute atomic E-state index is 0.0181. The first-order valence-electron chi connectivity index (χ1n) is 10.8. The molecule has 3 aromatic rings. The Hall–Kier alpha value is -2.52. The molecular weight excluding hydrogens is 444 g/mol. The van der Waals surface area contributed by atoms with Gasteiger partial charge in [-0.1, -0.05) is 6.07 Å². The van der Waals surface area contributed by atoms with Crippen LogP contribution in [-0.4, -0.2) is 49.7 Å². The summed E-state index contributed by atoms with van der Waals surface area (Å²) in [6.07, 6.45) is 3.52. The van der Waals surface area contributed by atoms with Gasteiger partial charge in [-0.25, -0.2) is 18.4 Å². The summed E-state index contributed by atoms with van der Waals surface area (Å²) < 4.78 is 23.8. The summed E-state index contributed by atoms with van der Waals surface area (Å²) in [6, 6.07) is 9.20. The lowest BCUT2D eigenvalue weighted by atomic mass is 9.95. The van der Waals surface area contributed by atoms with Gasteiger partial charge in [-0.15, -0.1) is 11.3 Å². The fourth-order valence-corrected chi connectivity index (χ4v) is 5.59. The molecule has 4 rings (SSSR count). The molecule has 1 amide bonds. The van der Waals surface area contributed by atoms with E-state index in [4.69, 9.17) is 0 Å². The van der Waals surface area contributed by atoms with Gasteiger partial charge in [-0.05, 0) is 56.3 Å². The lowest BCUT2D eigenvalue weighted by Crippen LogP contribution is -2.44. The van der Waals surface area contributed by atoms with Gasteiger partial charge >= 0.3 is 0 Å². The summed E-state index contributed by atoms with van der Waals surface area (Å²) in [4.78, 5) is 25.6. The summed E-state index contributed by atoms with van der Waals surface area (Å²) in [5.74, 6) is 0.683. The Morgan fingerprint density at radius 3 is 2.66 bits per heavy atom. The Bertz CT molecular complexity index is 1220. The molecule has 1 aliphatic heterocycles. The minimum atomic E-state index is -3.31. The van der Waals surface area contributed by atoms with Crippen LogP contribution >= 0.6 is 11.3 Å². The monoisotopic (exact) mass is 472 g/mol. The van der Waals surface area contributed by atoms with Crippen molar-refractivity contribution >= 4 is 43.9 Å². The van der Waals surface area contributed by atoms with Crippen LogP contribution in [-0.2, 0) is 21.1 Å². The number of carbonyl (C=O) groups excluding carboxylic acids is 1.